The lowest BCUT2D eigenvalue weighted by atomic mass is 10.0. The van der Waals surface area contributed by atoms with Crippen molar-refractivity contribution in [2.24, 2.45) is 0 Å². The summed E-state index contributed by atoms with van der Waals surface area (Å²) in [7, 11) is 0. The first-order chi connectivity index (χ1) is 27.6. The topological polar surface area (TPSA) is 72.8 Å². The molecule has 1 N–H and O–H groups in total. The lowest BCUT2D eigenvalue weighted by Gasteiger charge is -2.15. The summed E-state index contributed by atoms with van der Waals surface area (Å²) in [5, 5.41) is 9.62. The minimum absolute atomic E-state index is 0.0592. The van der Waals surface area contributed by atoms with Crippen molar-refractivity contribution in [3.63, 3.8) is 0 Å². The normalized spacial score (nSPS) is 12.1. The van der Waals surface area contributed by atoms with E-state index in [0.717, 1.165) is 38.5 Å². The minimum atomic E-state index is -0.766. The molecular weight excluding hydrogens is 693 g/mol. The first-order valence-corrected chi connectivity index (χ1v) is 25.2. The number of hydrogen-bond donors (Lipinski definition) is 1. The van der Waals surface area contributed by atoms with Crippen LogP contribution in [0, 0.1) is 0 Å². The Hall–Kier alpha value is -1.36. The van der Waals surface area contributed by atoms with Gasteiger partial charge in [0.15, 0.2) is 6.10 Å². The van der Waals surface area contributed by atoms with Crippen molar-refractivity contribution in [1.29, 1.82) is 0 Å². The second kappa shape index (κ2) is 48.0. The molecule has 0 bridgehead atoms. The van der Waals surface area contributed by atoms with Crippen LogP contribution in [0.15, 0.2) is 12.2 Å². The number of aliphatic hydroxyl groups excluding tert-OH is 1. The fourth-order valence-corrected chi connectivity index (χ4v) is 7.73. The van der Waals surface area contributed by atoms with E-state index in [2.05, 4.69) is 26.0 Å². The quantitative estimate of drug-likeness (QED) is 0.0378. The van der Waals surface area contributed by atoms with E-state index in [1.165, 1.54) is 218 Å². The number of esters is 2. The minimum Gasteiger partial charge on any atom is -0.462 e. The maximum absolute atomic E-state index is 12.3. The molecule has 0 saturated heterocycles. The number of rotatable bonds is 47. The van der Waals surface area contributed by atoms with Gasteiger partial charge >= 0.3 is 11.9 Å². The lowest BCUT2D eigenvalue weighted by molar-refractivity contribution is -0.161. The Labute approximate surface area is 350 Å². The Morgan fingerprint density at radius 2 is 0.661 bits per heavy atom. The molecule has 0 radical (unpaired) electrons. The van der Waals surface area contributed by atoms with Crippen LogP contribution in [0.3, 0.4) is 0 Å². The number of unbranched alkanes of at least 4 members (excludes halogenated alkanes) is 37. The Kier molecular flexibility index (Phi) is 46.8. The Bertz CT molecular complexity index is 810. The molecule has 5 heteroatoms. The summed E-state index contributed by atoms with van der Waals surface area (Å²) >= 11 is 0. The first kappa shape index (κ1) is 54.6. The highest BCUT2D eigenvalue weighted by atomic mass is 16.6. The predicted octanol–water partition coefficient (Wildman–Crippen LogP) is 16.4. The van der Waals surface area contributed by atoms with Gasteiger partial charge in [0.05, 0.1) is 6.61 Å². The van der Waals surface area contributed by atoms with Crippen LogP contribution < -0.4 is 0 Å². The molecule has 0 aliphatic heterocycles. The molecule has 0 saturated carbocycles. The standard InChI is InChI=1S/C51H98O5/c1-3-5-7-9-11-13-15-17-19-21-23-25-27-29-31-33-35-37-39-41-43-45-50(53)55-48-49(47-52)56-51(54)46-44-42-40-38-36-34-32-30-28-26-24-22-20-18-16-14-12-10-8-6-4-2/h17,19,49,52H,3-16,18,20-48H2,1-2H3/b19-17+/t49-/m0/s1. The van der Waals surface area contributed by atoms with Gasteiger partial charge in [-0.25, -0.2) is 0 Å². The second-order valence-electron chi connectivity index (χ2n) is 17.3. The van der Waals surface area contributed by atoms with Crippen molar-refractivity contribution in [1.82, 2.24) is 0 Å². The molecule has 0 aromatic heterocycles. The van der Waals surface area contributed by atoms with Gasteiger partial charge in [-0.05, 0) is 38.5 Å². The molecule has 0 aromatic rings. The van der Waals surface area contributed by atoms with Crippen LogP contribution in [0.1, 0.15) is 284 Å². The summed E-state index contributed by atoms with van der Waals surface area (Å²) in [6.45, 7) is 4.18. The number of ether oxygens (including phenoxy) is 2. The van der Waals surface area contributed by atoms with Crippen molar-refractivity contribution in [3.8, 4) is 0 Å². The van der Waals surface area contributed by atoms with Crippen molar-refractivity contribution in [3.05, 3.63) is 12.2 Å². The molecule has 0 aromatic carbocycles. The number of aliphatic hydroxyl groups is 1. The summed E-state index contributed by atoms with van der Waals surface area (Å²) in [6, 6.07) is 0. The highest BCUT2D eigenvalue weighted by Crippen LogP contribution is 2.17. The van der Waals surface area contributed by atoms with E-state index in [1.54, 1.807) is 0 Å². The molecule has 0 amide bonds. The van der Waals surface area contributed by atoms with E-state index in [-0.39, 0.29) is 25.2 Å². The van der Waals surface area contributed by atoms with Gasteiger partial charge in [0.25, 0.3) is 0 Å². The largest absolute Gasteiger partial charge is 0.462 e. The molecule has 56 heavy (non-hydrogen) atoms. The van der Waals surface area contributed by atoms with E-state index in [9.17, 15) is 14.7 Å². The molecule has 332 valence electrons. The smallest absolute Gasteiger partial charge is 0.306 e. The van der Waals surface area contributed by atoms with E-state index < -0.39 is 6.10 Å². The molecule has 0 fully saturated rings. The number of carbonyl (C=O) groups is 2. The van der Waals surface area contributed by atoms with E-state index >= 15 is 0 Å². The van der Waals surface area contributed by atoms with Crippen LogP contribution in [-0.4, -0.2) is 36.4 Å². The predicted molar refractivity (Wildman–Crippen MR) is 242 cm³/mol. The third-order valence-corrected chi connectivity index (χ3v) is 11.6. The summed E-state index contributed by atoms with van der Waals surface area (Å²) in [4.78, 5) is 24.4. The van der Waals surface area contributed by atoms with E-state index in [0.29, 0.717) is 12.8 Å². The average Bonchev–Trinajstić information content (AvgIpc) is 3.20. The number of allylic oxidation sites excluding steroid dienone is 2. The maximum Gasteiger partial charge on any atom is 0.306 e. The fourth-order valence-electron chi connectivity index (χ4n) is 7.73. The molecule has 5 nitrogen and oxygen atoms in total. The zero-order valence-corrected chi connectivity index (χ0v) is 37.9. The van der Waals surface area contributed by atoms with Gasteiger partial charge in [-0.2, -0.15) is 0 Å². The van der Waals surface area contributed by atoms with Crippen molar-refractivity contribution < 1.29 is 24.2 Å². The Morgan fingerprint density at radius 3 is 0.964 bits per heavy atom. The fraction of sp³-hybridized carbons (Fsp3) is 0.922. The third kappa shape index (κ3) is 45.3. The van der Waals surface area contributed by atoms with Gasteiger partial charge in [-0.15, -0.1) is 0 Å². The van der Waals surface area contributed by atoms with Crippen LogP contribution >= 0.6 is 0 Å². The van der Waals surface area contributed by atoms with Crippen LogP contribution in [0.5, 0.6) is 0 Å². The number of carbonyl (C=O) groups excluding carboxylic acids is 2. The van der Waals surface area contributed by atoms with Crippen LogP contribution in [0.2, 0.25) is 0 Å². The van der Waals surface area contributed by atoms with Crippen LogP contribution in [-0.2, 0) is 19.1 Å². The zero-order chi connectivity index (χ0) is 40.7. The number of hydrogen-bond acceptors (Lipinski definition) is 5. The van der Waals surface area contributed by atoms with Crippen LogP contribution in [0.25, 0.3) is 0 Å². The van der Waals surface area contributed by atoms with E-state index in [1.807, 2.05) is 0 Å². The summed E-state index contributed by atoms with van der Waals surface area (Å²) < 4.78 is 10.7. The SMILES string of the molecule is CCCCCCCC/C=C/CCCCCCCCCCCCCC(=O)OC[C@H](CO)OC(=O)CCCCCCCCCCCCCCCCCCCCCCC. The maximum atomic E-state index is 12.3. The second-order valence-corrected chi connectivity index (χ2v) is 17.3. The van der Waals surface area contributed by atoms with Crippen LogP contribution in [0.4, 0.5) is 0 Å². The summed E-state index contributed by atoms with van der Waals surface area (Å²) in [6.07, 6.45) is 57.3. The van der Waals surface area contributed by atoms with Crippen molar-refractivity contribution in [2.45, 2.75) is 290 Å². The molecule has 0 rings (SSSR count). The highest BCUT2D eigenvalue weighted by molar-refractivity contribution is 5.70. The highest BCUT2D eigenvalue weighted by Gasteiger charge is 2.16. The molecule has 0 spiro atoms. The van der Waals surface area contributed by atoms with Gasteiger partial charge in [0.1, 0.15) is 6.61 Å². The Balaban J connectivity index is 3.44. The van der Waals surface area contributed by atoms with Gasteiger partial charge in [0, 0.05) is 12.8 Å². The Morgan fingerprint density at radius 1 is 0.393 bits per heavy atom. The summed E-state index contributed by atoms with van der Waals surface area (Å²) in [5.74, 6) is -0.572. The van der Waals surface area contributed by atoms with Gasteiger partial charge in [-0.3, -0.25) is 9.59 Å². The van der Waals surface area contributed by atoms with Crippen molar-refractivity contribution >= 4 is 11.9 Å². The first-order valence-electron chi connectivity index (χ1n) is 25.2. The molecule has 1 atom stereocenters. The summed E-state index contributed by atoms with van der Waals surface area (Å²) in [5.41, 5.74) is 0. The van der Waals surface area contributed by atoms with Gasteiger partial charge in [0.2, 0.25) is 0 Å². The monoisotopic (exact) mass is 791 g/mol. The molecule has 0 aliphatic carbocycles. The molecule has 0 unspecified atom stereocenters. The zero-order valence-electron chi connectivity index (χ0n) is 37.9. The van der Waals surface area contributed by atoms with Gasteiger partial charge in [-0.1, -0.05) is 244 Å². The van der Waals surface area contributed by atoms with Gasteiger partial charge < -0.3 is 14.6 Å². The lowest BCUT2D eigenvalue weighted by Crippen LogP contribution is -2.28. The average molecular weight is 791 g/mol. The molecule has 0 heterocycles. The van der Waals surface area contributed by atoms with Crippen molar-refractivity contribution in [2.75, 3.05) is 13.2 Å². The third-order valence-electron chi connectivity index (χ3n) is 11.6. The van der Waals surface area contributed by atoms with E-state index in [4.69, 9.17) is 9.47 Å². The molecular formula is C51H98O5. The molecule has 0 aliphatic rings.